The second kappa shape index (κ2) is 13.5. The van der Waals surface area contributed by atoms with E-state index in [1.807, 2.05) is 3.28 Å². The summed E-state index contributed by atoms with van der Waals surface area (Å²) in [6.45, 7) is 26.2. The van der Waals surface area contributed by atoms with Crippen LogP contribution in [0.4, 0.5) is 0 Å². The Bertz CT molecular complexity index is 1510. The third kappa shape index (κ3) is 6.71. The molecular weight excluding hydrogens is 643 g/mol. The van der Waals surface area contributed by atoms with Gasteiger partial charge >= 0.3 is 260 Å². The molecule has 0 saturated heterocycles. The molecule has 43 heavy (non-hydrogen) atoms. The average Bonchev–Trinajstić information content (AvgIpc) is 3.39. The fourth-order valence-corrected chi connectivity index (χ4v) is 17.3. The molecule has 2 aliphatic rings. The Balaban J connectivity index is 0.00000253. The Morgan fingerprint density at radius 3 is 1.65 bits per heavy atom. The monoisotopic (exact) mass is 690 g/mol. The largest absolute Gasteiger partial charge is 1.00 e. The molecule has 0 nitrogen and oxygen atoms in total. The van der Waals surface area contributed by atoms with Gasteiger partial charge < -0.3 is 24.8 Å². The van der Waals surface area contributed by atoms with Gasteiger partial charge in [-0.25, -0.2) is 0 Å². The van der Waals surface area contributed by atoms with Gasteiger partial charge in [-0.05, 0) is 0 Å². The Labute approximate surface area is 282 Å². The molecule has 3 heteroatoms. The molecule has 0 aromatic heterocycles. The molecule has 0 amide bonds. The number of hydrogen-bond donors (Lipinski definition) is 0. The number of fused-ring (bicyclic) bond motifs is 3. The molecular formula is C40H50Cl2Zr. The van der Waals surface area contributed by atoms with E-state index in [9.17, 15) is 0 Å². The normalized spacial score (nSPS) is 16.8. The standard InChI is InChI=1S/C21H25.C10H15.C9H10.2ClH.Zr/c1-20(2,3)16-9-7-14-11-15-8-10-17(21(4,5)6)13-19(15)18(14)12-16;1-7(2)10-6-8(3)5-9(10)4;1-2-6-9-7-4-3-5-8-9;;;/h7-13H,1-6H3;6-8H,1-4H3;3-5,7-8H,2H2,1H3;2*1H;/q;;;;;+2/p-2. The Morgan fingerprint density at radius 2 is 1.26 bits per heavy atom. The molecule has 0 N–H and O–H groups in total. The Kier molecular flexibility index (Phi) is 11.2. The number of hydrogen-bond acceptors (Lipinski definition) is 0. The van der Waals surface area contributed by atoms with E-state index in [-0.39, 0.29) is 35.6 Å². The van der Waals surface area contributed by atoms with Gasteiger partial charge in [-0.3, -0.25) is 0 Å². The zero-order valence-electron chi connectivity index (χ0n) is 28.1. The summed E-state index contributed by atoms with van der Waals surface area (Å²) in [6, 6.07) is 26.5. The molecule has 0 aliphatic heterocycles. The summed E-state index contributed by atoms with van der Waals surface area (Å²) < 4.78 is 4.07. The maximum atomic E-state index is 2.61. The van der Waals surface area contributed by atoms with Crippen molar-refractivity contribution >= 4 is 3.21 Å². The van der Waals surface area contributed by atoms with Gasteiger partial charge in [0.2, 0.25) is 0 Å². The molecule has 0 heterocycles. The van der Waals surface area contributed by atoms with E-state index >= 15 is 0 Å². The molecule has 2 aliphatic carbocycles. The SMILES string of the molecule is CC/[C](c1ccccc1)=[Zr+2](\[C]1=C(C)C(C(C)C)=CC1C)[CH]1c2ccc(C(C)(C)C)cc2-c2cc(C(C)(C)C)ccc21.[Cl-].[Cl-]. The maximum absolute atomic E-state index is 2.61. The first kappa shape index (κ1) is 35.9. The molecule has 0 radical (unpaired) electrons. The Morgan fingerprint density at radius 1 is 0.767 bits per heavy atom. The van der Waals surface area contributed by atoms with E-state index in [0.717, 1.165) is 6.42 Å². The van der Waals surface area contributed by atoms with Gasteiger partial charge in [-0.15, -0.1) is 0 Å². The fraction of sp³-hybridized carbons (Fsp3) is 0.425. The van der Waals surface area contributed by atoms with Crippen LogP contribution in [-0.4, -0.2) is 3.21 Å². The van der Waals surface area contributed by atoms with Crippen molar-refractivity contribution in [1.29, 1.82) is 0 Å². The number of allylic oxidation sites excluding steroid dienone is 4. The van der Waals surface area contributed by atoms with Gasteiger partial charge in [0.15, 0.2) is 0 Å². The first-order chi connectivity index (χ1) is 19.2. The average molecular weight is 693 g/mol. The van der Waals surface area contributed by atoms with Crippen molar-refractivity contribution in [2.75, 3.05) is 0 Å². The molecule has 0 fully saturated rings. The van der Waals surface area contributed by atoms with Crippen molar-refractivity contribution in [1.82, 2.24) is 0 Å². The third-order valence-electron chi connectivity index (χ3n) is 9.47. The Hall–Kier alpha value is -1.53. The number of benzene rings is 3. The number of halogens is 2. The molecule has 3 aromatic rings. The minimum Gasteiger partial charge on any atom is -1.00 e. The van der Waals surface area contributed by atoms with Crippen LogP contribution in [0.25, 0.3) is 11.1 Å². The van der Waals surface area contributed by atoms with Crippen LogP contribution >= 0.6 is 0 Å². The van der Waals surface area contributed by atoms with Crippen molar-refractivity contribution in [3.05, 3.63) is 115 Å². The molecule has 0 saturated carbocycles. The molecule has 3 aromatic carbocycles. The van der Waals surface area contributed by atoms with Gasteiger partial charge in [-0.1, -0.05) is 0 Å². The molecule has 228 valence electrons. The maximum Gasteiger partial charge on any atom is -1.00 e. The first-order valence-corrected chi connectivity index (χ1v) is 19.6. The smallest absolute Gasteiger partial charge is 1.00 e. The predicted octanol–water partition coefficient (Wildman–Crippen LogP) is 5.11. The third-order valence-corrected chi connectivity index (χ3v) is 19.1. The van der Waals surface area contributed by atoms with Gasteiger partial charge in [0, 0.05) is 0 Å². The van der Waals surface area contributed by atoms with Crippen LogP contribution in [0.1, 0.15) is 114 Å². The first-order valence-electron chi connectivity index (χ1n) is 15.7. The van der Waals surface area contributed by atoms with Crippen LogP contribution in [0.5, 0.6) is 0 Å². The van der Waals surface area contributed by atoms with Crippen LogP contribution in [-0.2, 0) is 32.1 Å². The summed E-state index contributed by atoms with van der Waals surface area (Å²) in [5, 5.41) is 0. The van der Waals surface area contributed by atoms with Gasteiger partial charge in [0.25, 0.3) is 0 Å². The summed E-state index contributed by atoms with van der Waals surface area (Å²) in [7, 11) is 0. The summed E-state index contributed by atoms with van der Waals surface area (Å²) >= 11 is -2.57. The second-order valence-corrected chi connectivity index (χ2v) is 21.0. The van der Waals surface area contributed by atoms with Crippen LogP contribution in [0, 0.1) is 11.8 Å². The fourth-order valence-electron chi connectivity index (χ4n) is 7.22. The summed E-state index contributed by atoms with van der Waals surface area (Å²) in [5.41, 5.74) is 13.9. The zero-order valence-corrected chi connectivity index (χ0v) is 32.1. The number of rotatable bonds is 5. The van der Waals surface area contributed by atoms with E-state index in [2.05, 4.69) is 149 Å². The molecule has 1 unspecified atom stereocenters. The molecule has 0 spiro atoms. The van der Waals surface area contributed by atoms with Crippen molar-refractivity contribution in [2.24, 2.45) is 11.8 Å². The summed E-state index contributed by atoms with van der Waals surface area (Å²) in [4.78, 5) is 0. The van der Waals surface area contributed by atoms with E-state index < -0.39 is 21.3 Å². The van der Waals surface area contributed by atoms with Crippen molar-refractivity contribution < 1.29 is 46.1 Å². The van der Waals surface area contributed by atoms with E-state index in [1.165, 1.54) is 27.8 Å². The quantitative estimate of drug-likeness (QED) is 0.349. The van der Waals surface area contributed by atoms with Gasteiger partial charge in [0.05, 0.1) is 0 Å². The van der Waals surface area contributed by atoms with Gasteiger partial charge in [0.1, 0.15) is 0 Å². The van der Waals surface area contributed by atoms with Crippen LogP contribution in [0.2, 0.25) is 0 Å². The van der Waals surface area contributed by atoms with E-state index in [4.69, 9.17) is 0 Å². The minimum absolute atomic E-state index is 0. The van der Waals surface area contributed by atoms with Crippen LogP contribution < -0.4 is 24.8 Å². The zero-order chi connectivity index (χ0) is 29.9. The molecule has 1 atom stereocenters. The summed E-state index contributed by atoms with van der Waals surface area (Å²) in [5.74, 6) is 1.08. The van der Waals surface area contributed by atoms with Gasteiger partial charge in [-0.2, -0.15) is 0 Å². The molecule has 0 bridgehead atoms. The molecule has 5 rings (SSSR count). The summed E-state index contributed by atoms with van der Waals surface area (Å²) in [6.07, 6.45) is 3.73. The van der Waals surface area contributed by atoms with Crippen molar-refractivity contribution in [3.8, 4) is 11.1 Å². The van der Waals surface area contributed by atoms with Crippen LogP contribution in [0.3, 0.4) is 0 Å². The minimum atomic E-state index is -2.57. The predicted molar refractivity (Wildman–Crippen MR) is 177 cm³/mol. The van der Waals surface area contributed by atoms with Crippen molar-refractivity contribution in [3.63, 3.8) is 0 Å². The van der Waals surface area contributed by atoms with E-state index in [1.54, 1.807) is 25.5 Å². The van der Waals surface area contributed by atoms with Crippen LogP contribution in [0.15, 0.2) is 87.2 Å². The topological polar surface area (TPSA) is 0 Å². The van der Waals surface area contributed by atoms with Crippen molar-refractivity contribution in [2.45, 2.75) is 97.0 Å². The van der Waals surface area contributed by atoms with E-state index in [0.29, 0.717) is 15.5 Å². The second-order valence-electron chi connectivity index (χ2n) is 14.8.